The largest absolute Gasteiger partial charge is 0.456 e. The Hall–Kier alpha value is -1.39. The Morgan fingerprint density at radius 2 is 1.80 bits per heavy atom. The Bertz CT molecular complexity index is 407. The van der Waals surface area contributed by atoms with Gasteiger partial charge >= 0.3 is 5.97 Å². The molecule has 0 unspecified atom stereocenters. The maximum absolute atomic E-state index is 11.9. The van der Waals surface area contributed by atoms with Crippen molar-refractivity contribution in [3.05, 3.63) is 35.4 Å². The van der Waals surface area contributed by atoms with E-state index >= 15 is 0 Å². The van der Waals surface area contributed by atoms with E-state index in [0.29, 0.717) is 18.8 Å². The number of ether oxygens (including phenoxy) is 2. The third-order valence-electron chi connectivity index (χ3n) is 2.62. The first-order valence-corrected chi connectivity index (χ1v) is 6.97. The highest BCUT2D eigenvalue weighted by Gasteiger charge is 2.17. The van der Waals surface area contributed by atoms with Crippen LogP contribution >= 0.6 is 0 Å². The molecule has 1 rings (SSSR count). The predicted molar refractivity (Wildman–Crippen MR) is 80.1 cm³/mol. The van der Waals surface area contributed by atoms with E-state index < -0.39 is 5.60 Å². The molecule has 0 aliphatic heterocycles. The molecule has 0 fully saturated rings. The summed E-state index contributed by atoms with van der Waals surface area (Å²) in [6, 6.07) is 7.50. The van der Waals surface area contributed by atoms with E-state index in [-0.39, 0.29) is 5.97 Å². The van der Waals surface area contributed by atoms with Crippen molar-refractivity contribution >= 4 is 5.97 Å². The van der Waals surface area contributed by atoms with Crippen LogP contribution in [0.2, 0.25) is 0 Å². The van der Waals surface area contributed by atoms with Gasteiger partial charge in [0, 0.05) is 6.54 Å². The highest BCUT2D eigenvalue weighted by molar-refractivity contribution is 5.89. The summed E-state index contributed by atoms with van der Waals surface area (Å²) < 4.78 is 10.8. The molecule has 20 heavy (non-hydrogen) atoms. The van der Waals surface area contributed by atoms with Crippen molar-refractivity contribution in [3.63, 3.8) is 0 Å². The molecule has 0 aliphatic carbocycles. The zero-order chi connectivity index (χ0) is 15.0. The van der Waals surface area contributed by atoms with Gasteiger partial charge in [0.2, 0.25) is 0 Å². The minimum atomic E-state index is -0.461. The molecule has 4 nitrogen and oxygen atoms in total. The molecular formula is C16H25NO3. The van der Waals surface area contributed by atoms with Crippen molar-refractivity contribution in [2.45, 2.75) is 32.8 Å². The molecule has 0 heterocycles. The first-order chi connectivity index (χ1) is 9.42. The number of likely N-dealkylation sites (N-methyl/N-ethyl adjacent to an activating group) is 1. The van der Waals surface area contributed by atoms with Crippen LogP contribution in [0.1, 0.15) is 36.7 Å². The maximum atomic E-state index is 11.9. The second kappa shape index (κ2) is 8.02. The highest BCUT2D eigenvalue weighted by Crippen LogP contribution is 2.13. The van der Waals surface area contributed by atoms with Crippen LogP contribution in [0, 0.1) is 0 Å². The fraction of sp³-hybridized carbons (Fsp3) is 0.562. The fourth-order valence-corrected chi connectivity index (χ4v) is 1.61. The van der Waals surface area contributed by atoms with E-state index in [1.807, 2.05) is 40.0 Å². The van der Waals surface area contributed by atoms with Crippen LogP contribution in [0.5, 0.6) is 0 Å². The molecule has 0 saturated carbocycles. The predicted octanol–water partition coefficient (Wildman–Crippen LogP) is 2.42. The lowest BCUT2D eigenvalue weighted by atomic mass is 10.1. The third kappa shape index (κ3) is 6.68. The molecule has 0 amide bonds. The Morgan fingerprint density at radius 1 is 1.15 bits per heavy atom. The molecule has 0 radical (unpaired) electrons. The summed E-state index contributed by atoms with van der Waals surface area (Å²) in [7, 11) is 1.90. The summed E-state index contributed by atoms with van der Waals surface area (Å²) in [5, 5.41) is 3.03. The SMILES string of the molecule is CNCCOCCc1ccc(C(=O)OC(C)(C)C)cc1. The molecule has 0 bridgehead atoms. The highest BCUT2D eigenvalue weighted by atomic mass is 16.6. The van der Waals surface area contributed by atoms with Gasteiger partial charge in [-0.25, -0.2) is 4.79 Å². The quantitative estimate of drug-likeness (QED) is 0.615. The number of carbonyl (C=O) groups is 1. The Labute approximate surface area is 121 Å². The molecule has 4 heteroatoms. The zero-order valence-electron chi connectivity index (χ0n) is 12.9. The smallest absolute Gasteiger partial charge is 0.338 e. The van der Waals surface area contributed by atoms with Crippen molar-refractivity contribution in [1.82, 2.24) is 5.32 Å². The zero-order valence-corrected chi connectivity index (χ0v) is 12.9. The molecule has 1 N–H and O–H groups in total. The minimum absolute atomic E-state index is 0.283. The van der Waals surface area contributed by atoms with E-state index in [1.54, 1.807) is 12.1 Å². The number of esters is 1. The summed E-state index contributed by atoms with van der Waals surface area (Å²) in [6.07, 6.45) is 0.846. The number of hydrogen-bond acceptors (Lipinski definition) is 4. The van der Waals surface area contributed by atoms with Gasteiger partial charge in [-0.3, -0.25) is 0 Å². The lowest BCUT2D eigenvalue weighted by molar-refractivity contribution is 0.00695. The molecule has 0 aromatic heterocycles. The molecule has 1 aromatic carbocycles. The Morgan fingerprint density at radius 3 is 2.35 bits per heavy atom. The van der Waals surface area contributed by atoms with Gasteiger partial charge in [0.1, 0.15) is 5.60 Å². The van der Waals surface area contributed by atoms with Gasteiger partial charge in [-0.05, 0) is 51.9 Å². The molecule has 112 valence electrons. The van der Waals surface area contributed by atoms with Crippen LogP contribution in [0.25, 0.3) is 0 Å². The molecule has 0 spiro atoms. The van der Waals surface area contributed by atoms with Gasteiger partial charge < -0.3 is 14.8 Å². The first-order valence-electron chi connectivity index (χ1n) is 6.97. The second-order valence-corrected chi connectivity index (χ2v) is 5.66. The van der Waals surface area contributed by atoms with Gasteiger partial charge in [-0.2, -0.15) is 0 Å². The van der Waals surface area contributed by atoms with Crippen LogP contribution in [0.4, 0.5) is 0 Å². The van der Waals surface area contributed by atoms with E-state index in [2.05, 4.69) is 5.32 Å². The average molecular weight is 279 g/mol. The molecule has 0 saturated heterocycles. The second-order valence-electron chi connectivity index (χ2n) is 5.66. The number of rotatable bonds is 7. The van der Waals surface area contributed by atoms with Crippen molar-refractivity contribution in [2.24, 2.45) is 0 Å². The van der Waals surface area contributed by atoms with Gasteiger partial charge in [-0.15, -0.1) is 0 Å². The van der Waals surface area contributed by atoms with Gasteiger partial charge in [0.15, 0.2) is 0 Å². The van der Waals surface area contributed by atoms with Crippen LogP contribution in [-0.2, 0) is 15.9 Å². The molecule has 0 aliphatic rings. The van der Waals surface area contributed by atoms with Crippen LogP contribution in [0.15, 0.2) is 24.3 Å². The van der Waals surface area contributed by atoms with Gasteiger partial charge in [-0.1, -0.05) is 12.1 Å². The number of carbonyl (C=O) groups excluding carboxylic acids is 1. The number of hydrogen-bond donors (Lipinski definition) is 1. The van der Waals surface area contributed by atoms with Crippen LogP contribution in [0.3, 0.4) is 0 Å². The van der Waals surface area contributed by atoms with Crippen LogP contribution < -0.4 is 5.32 Å². The topological polar surface area (TPSA) is 47.6 Å². The summed E-state index contributed by atoms with van der Waals surface area (Å²) in [5.41, 5.74) is 1.28. The van der Waals surface area contributed by atoms with E-state index in [1.165, 1.54) is 0 Å². The molecular weight excluding hydrogens is 254 g/mol. The normalized spacial score (nSPS) is 11.4. The van der Waals surface area contributed by atoms with Crippen molar-refractivity contribution in [2.75, 3.05) is 26.8 Å². The minimum Gasteiger partial charge on any atom is -0.456 e. The Balaban J connectivity index is 2.42. The molecule has 0 atom stereocenters. The van der Waals surface area contributed by atoms with Crippen molar-refractivity contribution in [3.8, 4) is 0 Å². The number of nitrogens with one attached hydrogen (secondary N) is 1. The van der Waals surface area contributed by atoms with E-state index in [0.717, 1.165) is 18.5 Å². The van der Waals surface area contributed by atoms with E-state index in [9.17, 15) is 4.79 Å². The number of benzene rings is 1. The van der Waals surface area contributed by atoms with E-state index in [4.69, 9.17) is 9.47 Å². The van der Waals surface area contributed by atoms with Crippen LogP contribution in [-0.4, -0.2) is 38.4 Å². The first kappa shape index (κ1) is 16.7. The monoisotopic (exact) mass is 279 g/mol. The molecule has 1 aromatic rings. The summed E-state index contributed by atoms with van der Waals surface area (Å²) in [6.45, 7) is 7.85. The summed E-state index contributed by atoms with van der Waals surface area (Å²) in [5.74, 6) is -0.283. The van der Waals surface area contributed by atoms with Crippen molar-refractivity contribution in [1.29, 1.82) is 0 Å². The fourth-order valence-electron chi connectivity index (χ4n) is 1.61. The van der Waals surface area contributed by atoms with Crippen molar-refractivity contribution < 1.29 is 14.3 Å². The standard InChI is InChI=1S/C16H25NO3/c1-16(2,3)20-15(18)14-7-5-13(6-8-14)9-11-19-12-10-17-4/h5-8,17H,9-12H2,1-4H3. The Kier molecular flexibility index (Phi) is 6.68. The summed E-state index contributed by atoms with van der Waals surface area (Å²) >= 11 is 0. The lowest BCUT2D eigenvalue weighted by Crippen LogP contribution is -2.23. The van der Waals surface area contributed by atoms with Gasteiger partial charge in [0.05, 0.1) is 18.8 Å². The third-order valence-corrected chi connectivity index (χ3v) is 2.62. The maximum Gasteiger partial charge on any atom is 0.338 e. The van der Waals surface area contributed by atoms with Gasteiger partial charge in [0.25, 0.3) is 0 Å². The lowest BCUT2D eigenvalue weighted by Gasteiger charge is -2.19. The average Bonchev–Trinajstić information content (AvgIpc) is 2.37. The summed E-state index contributed by atoms with van der Waals surface area (Å²) in [4.78, 5) is 11.9.